The Morgan fingerprint density at radius 2 is 1.94 bits per heavy atom. The number of halogens is 3. The molecular formula is C24H25Cl2FN4O3. The van der Waals surface area contributed by atoms with Crippen LogP contribution in [0, 0.1) is 11.2 Å². The van der Waals surface area contributed by atoms with Gasteiger partial charge in [-0.2, -0.15) is 0 Å². The van der Waals surface area contributed by atoms with Crippen LogP contribution in [0.3, 0.4) is 0 Å². The predicted molar refractivity (Wildman–Crippen MR) is 126 cm³/mol. The number of pyridine rings is 2. The fraction of sp³-hybridized carbons (Fsp3) is 0.500. The van der Waals surface area contributed by atoms with E-state index in [0.717, 1.165) is 19.3 Å². The molecule has 1 aliphatic carbocycles. The lowest BCUT2D eigenvalue weighted by molar-refractivity contribution is -0.139. The summed E-state index contributed by atoms with van der Waals surface area (Å²) in [4.78, 5) is 34.7. The van der Waals surface area contributed by atoms with E-state index in [2.05, 4.69) is 34.4 Å². The average molecular weight is 507 g/mol. The van der Waals surface area contributed by atoms with Crippen molar-refractivity contribution in [3.05, 3.63) is 51.6 Å². The number of carbonyl (C=O) groups excluding carboxylic acids is 1. The van der Waals surface area contributed by atoms with E-state index in [0.29, 0.717) is 18.4 Å². The summed E-state index contributed by atoms with van der Waals surface area (Å²) in [5, 5.41) is 16.3. The van der Waals surface area contributed by atoms with Crippen LogP contribution in [0.25, 0.3) is 0 Å². The maximum Gasteiger partial charge on any atom is 0.321 e. The zero-order chi connectivity index (χ0) is 24.5. The third kappa shape index (κ3) is 3.04. The molecular weight excluding hydrogens is 482 g/mol. The Morgan fingerprint density at radius 1 is 1.24 bits per heavy atom. The molecule has 2 aromatic heterocycles. The predicted octanol–water partition coefficient (Wildman–Crippen LogP) is 4.68. The lowest BCUT2D eigenvalue weighted by Gasteiger charge is -2.50. The van der Waals surface area contributed by atoms with Crippen LogP contribution in [-0.4, -0.2) is 38.5 Å². The van der Waals surface area contributed by atoms with E-state index in [4.69, 9.17) is 23.2 Å². The van der Waals surface area contributed by atoms with Gasteiger partial charge in [0.2, 0.25) is 5.91 Å². The quantitative estimate of drug-likeness (QED) is 0.522. The first-order valence-electron chi connectivity index (χ1n) is 11.4. The van der Waals surface area contributed by atoms with Crippen LogP contribution in [0.5, 0.6) is 0 Å². The molecule has 3 N–H and O–H groups in total. The van der Waals surface area contributed by atoms with Gasteiger partial charge in [-0.05, 0) is 48.8 Å². The Hall–Kier alpha value is -2.29. The number of fused-ring (bicyclic) bond motifs is 3. The largest absolute Gasteiger partial charge is 0.480 e. The molecule has 2 aliphatic heterocycles. The maximum atomic E-state index is 15.4. The smallest absolute Gasteiger partial charge is 0.321 e. The molecule has 3 aliphatic rings. The van der Waals surface area contributed by atoms with E-state index >= 15 is 4.39 Å². The summed E-state index contributed by atoms with van der Waals surface area (Å²) in [5.74, 6) is -3.21. The summed E-state index contributed by atoms with van der Waals surface area (Å²) >= 11 is 12.1. The molecule has 2 aromatic rings. The maximum absolute atomic E-state index is 15.4. The summed E-state index contributed by atoms with van der Waals surface area (Å²) in [6, 6.07) is 3.47. The van der Waals surface area contributed by atoms with Gasteiger partial charge in [-0.1, -0.05) is 49.5 Å². The fourth-order valence-corrected chi connectivity index (χ4v) is 6.78. The molecule has 0 bridgehead atoms. The number of nitrogens with zero attached hydrogens (tertiary/aromatic N) is 2. The lowest BCUT2D eigenvalue weighted by Crippen LogP contribution is -2.61. The Bertz CT molecular complexity index is 1200. The minimum Gasteiger partial charge on any atom is -0.480 e. The van der Waals surface area contributed by atoms with Gasteiger partial charge in [-0.15, -0.1) is 0 Å². The number of carboxylic acids is 1. The van der Waals surface area contributed by atoms with Gasteiger partial charge < -0.3 is 10.4 Å². The molecule has 4 heterocycles. The summed E-state index contributed by atoms with van der Waals surface area (Å²) in [6.45, 7) is 4.34. The normalized spacial score (nSPS) is 34.4. The van der Waals surface area contributed by atoms with E-state index in [1.807, 2.05) is 0 Å². The monoisotopic (exact) mass is 506 g/mol. The number of aliphatic carboxylic acids is 1. The first-order valence-corrected chi connectivity index (χ1v) is 12.1. The highest BCUT2D eigenvalue weighted by Gasteiger charge is 2.73. The van der Waals surface area contributed by atoms with E-state index in [9.17, 15) is 14.7 Å². The lowest BCUT2D eigenvalue weighted by atomic mass is 9.53. The third-order valence-corrected chi connectivity index (χ3v) is 8.98. The number of hydrogen-bond donors (Lipinski definition) is 3. The van der Waals surface area contributed by atoms with Gasteiger partial charge in [-0.25, -0.2) is 14.4 Å². The minimum absolute atomic E-state index is 0.0403. The van der Waals surface area contributed by atoms with Gasteiger partial charge in [0.1, 0.15) is 22.4 Å². The Balaban J connectivity index is 1.81. The molecule has 1 amide bonds. The molecule has 0 radical (unpaired) electrons. The number of carboxylic acid groups (broad SMARTS) is 1. The molecule has 2 fully saturated rings. The minimum atomic E-state index is -1.43. The fourth-order valence-electron chi connectivity index (χ4n) is 6.47. The zero-order valence-corrected chi connectivity index (χ0v) is 20.3. The molecule has 1 saturated heterocycles. The van der Waals surface area contributed by atoms with Crippen molar-refractivity contribution in [2.75, 3.05) is 5.32 Å². The topological polar surface area (TPSA) is 104 Å². The molecule has 3 atom stereocenters. The van der Waals surface area contributed by atoms with Crippen LogP contribution in [0.4, 0.5) is 10.2 Å². The Morgan fingerprint density at radius 3 is 2.59 bits per heavy atom. The summed E-state index contributed by atoms with van der Waals surface area (Å²) in [7, 11) is 0. The van der Waals surface area contributed by atoms with Crippen molar-refractivity contribution in [3.8, 4) is 0 Å². The summed E-state index contributed by atoms with van der Waals surface area (Å²) in [5.41, 5.74) is -1.72. The second-order valence-corrected chi connectivity index (χ2v) is 10.7. The molecule has 1 saturated carbocycles. The number of amides is 1. The van der Waals surface area contributed by atoms with E-state index < -0.39 is 40.6 Å². The van der Waals surface area contributed by atoms with Crippen LogP contribution >= 0.6 is 23.2 Å². The third-order valence-electron chi connectivity index (χ3n) is 8.50. The van der Waals surface area contributed by atoms with Crippen LogP contribution in [0.15, 0.2) is 24.4 Å². The Kier molecular flexibility index (Phi) is 5.42. The molecule has 5 rings (SSSR count). The van der Waals surface area contributed by atoms with Crippen LogP contribution < -0.4 is 10.6 Å². The molecule has 180 valence electrons. The second kappa shape index (κ2) is 7.86. The second-order valence-electron chi connectivity index (χ2n) is 9.98. The van der Waals surface area contributed by atoms with Crippen molar-refractivity contribution < 1.29 is 19.1 Å². The Labute approximate surface area is 206 Å². The number of anilines is 1. The van der Waals surface area contributed by atoms with E-state index in [1.165, 1.54) is 12.3 Å². The van der Waals surface area contributed by atoms with Crippen molar-refractivity contribution in [2.24, 2.45) is 5.41 Å². The molecule has 2 spiro atoms. The molecule has 0 aromatic carbocycles. The molecule has 10 heteroatoms. The van der Waals surface area contributed by atoms with Crippen LogP contribution in [0.1, 0.15) is 63.0 Å². The first-order chi connectivity index (χ1) is 16.1. The van der Waals surface area contributed by atoms with E-state index in [-0.39, 0.29) is 27.1 Å². The number of aromatic nitrogens is 2. The molecule has 1 unspecified atom stereocenters. The number of nitrogens with one attached hydrogen (secondary N) is 2. The zero-order valence-electron chi connectivity index (χ0n) is 18.8. The van der Waals surface area contributed by atoms with Gasteiger partial charge >= 0.3 is 5.97 Å². The van der Waals surface area contributed by atoms with Crippen molar-refractivity contribution in [2.45, 2.75) is 68.9 Å². The van der Waals surface area contributed by atoms with Crippen molar-refractivity contribution in [3.63, 3.8) is 0 Å². The first kappa shape index (κ1) is 23.5. The van der Waals surface area contributed by atoms with Gasteiger partial charge in [0.05, 0.1) is 0 Å². The van der Waals surface area contributed by atoms with Crippen LogP contribution in [0.2, 0.25) is 10.3 Å². The average Bonchev–Trinajstić information content (AvgIpc) is 3.26. The van der Waals surface area contributed by atoms with Gasteiger partial charge in [-0.3, -0.25) is 14.9 Å². The highest BCUT2D eigenvalue weighted by atomic mass is 35.5. The van der Waals surface area contributed by atoms with Gasteiger partial charge in [0.25, 0.3) is 0 Å². The number of hydrogen-bond acceptors (Lipinski definition) is 5. The molecule has 34 heavy (non-hydrogen) atoms. The summed E-state index contributed by atoms with van der Waals surface area (Å²) < 4.78 is 15.4. The number of carbonyl (C=O) groups is 2. The molecule has 7 nitrogen and oxygen atoms in total. The van der Waals surface area contributed by atoms with Gasteiger partial charge in [0.15, 0.2) is 11.0 Å². The summed E-state index contributed by atoms with van der Waals surface area (Å²) in [6.07, 6.45) is 4.99. The standard InChI is InChI=1S/C24H25Cl2FN4O3/c1-3-22(2)7-9-23(10-8-22)24(13-4-5-14(25)29-19(13)30-21(24)34)15(17(31-23)20(32)33)12-6-11-28-18(26)16(12)27/h4-6,11,15,17,31H,3,7-10H2,1-2H3,(H,32,33)(H,29,30,34)/t15-,17+,22?,23?,24?/m0/s1. The SMILES string of the molecule is CCC1(C)CCC2(CC1)N[C@@H](C(=O)O)[C@H](c1ccnc(Cl)c1F)C21C(=O)Nc2nc(Cl)ccc21. The van der Waals surface area contributed by atoms with Crippen molar-refractivity contribution >= 4 is 40.9 Å². The van der Waals surface area contributed by atoms with E-state index in [1.54, 1.807) is 12.1 Å². The van der Waals surface area contributed by atoms with Crippen molar-refractivity contribution in [1.82, 2.24) is 15.3 Å². The number of rotatable bonds is 3. The van der Waals surface area contributed by atoms with Crippen LogP contribution in [-0.2, 0) is 15.0 Å². The van der Waals surface area contributed by atoms with Crippen molar-refractivity contribution in [1.29, 1.82) is 0 Å². The highest BCUT2D eigenvalue weighted by molar-refractivity contribution is 6.30. The van der Waals surface area contributed by atoms with Gasteiger partial charge in [0, 0.05) is 23.2 Å². The highest BCUT2D eigenvalue weighted by Crippen LogP contribution is 2.63.